The summed E-state index contributed by atoms with van der Waals surface area (Å²) in [5.41, 5.74) is 2.67. The maximum Gasteiger partial charge on any atom is 0.234 e. The first-order valence-electron chi connectivity index (χ1n) is 9.47. The fourth-order valence-corrected chi connectivity index (χ4v) is 3.92. The third kappa shape index (κ3) is 4.78. The topological polar surface area (TPSA) is 59.8 Å². The first-order valence-corrected chi connectivity index (χ1v) is 10.8. The highest BCUT2D eigenvalue weighted by atomic mass is 35.5. The van der Waals surface area contributed by atoms with Crippen LogP contribution in [0.15, 0.2) is 78.0 Å². The number of aromatic nitrogens is 3. The third-order valence-corrected chi connectivity index (χ3v) is 5.89. The summed E-state index contributed by atoms with van der Waals surface area (Å²) in [7, 11) is 0. The van der Waals surface area contributed by atoms with Crippen LogP contribution in [0.4, 0.5) is 10.1 Å². The minimum Gasteiger partial charge on any atom is -0.325 e. The summed E-state index contributed by atoms with van der Waals surface area (Å²) in [6.07, 6.45) is 0. The molecule has 156 valence electrons. The van der Waals surface area contributed by atoms with E-state index < -0.39 is 5.82 Å². The van der Waals surface area contributed by atoms with Gasteiger partial charge in [-0.2, -0.15) is 0 Å². The molecule has 0 bridgehead atoms. The van der Waals surface area contributed by atoms with Gasteiger partial charge in [-0.25, -0.2) is 4.39 Å². The van der Waals surface area contributed by atoms with E-state index in [4.69, 9.17) is 11.6 Å². The largest absolute Gasteiger partial charge is 0.325 e. The Morgan fingerprint density at radius 1 is 1.06 bits per heavy atom. The number of hydrogen-bond acceptors (Lipinski definition) is 4. The average Bonchev–Trinajstić information content (AvgIpc) is 3.19. The van der Waals surface area contributed by atoms with Crippen molar-refractivity contribution in [2.45, 2.75) is 12.1 Å². The van der Waals surface area contributed by atoms with Gasteiger partial charge in [-0.3, -0.25) is 9.36 Å². The zero-order chi connectivity index (χ0) is 21.8. The molecule has 3 aromatic carbocycles. The van der Waals surface area contributed by atoms with E-state index >= 15 is 0 Å². The summed E-state index contributed by atoms with van der Waals surface area (Å²) in [5.74, 6) is -0.122. The van der Waals surface area contributed by atoms with Crippen LogP contribution >= 0.6 is 23.4 Å². The van der Waals surface area contributed by atoms with Crippen molar-refractivity contribution in [1.29, 1.82) is 0 Å². The lowest BCUT2D eigenvalue weighted by molar-refractivity contribution is -0.113. The molecule has 5 nitrogen and oxygen atoms in total. The van der Waals surface area contributed by atoms with Crippen molar-refractivity contribution < 1.29 is 9.18 Å². The molecule has 0 radical (unpaired) electrons. The molecule has 1 aromatic heterocycles. The number of hydrogen-bond donors (Lipinski definition) is 1. The number of amides is 1. The van der Waals surface area contributed by atoms with Gasteiger partial charge in [0.2, 0.25) is 5.91 Å². The number of rotatable bonds is 6. The van der Waals surface area contributed by atoms with Crippen LogP contribution in [-0.4, -0.2) is 26.4 Å². The number of anilines is 1. The number of para-hydroxylation sites is 1. The molecule has 31 heavy (non-hydrogen) atoms. The zero-order valence-corrected chi connectivity index (χ0v) is 18.1. The highest BCUT2D eigenvalue weighted by Gasteiger charge is 2.19. The van der Waals surface area contributed by atoms with E-state index in [2.05, 4.69) is 15.5 Å². The van der Waals surface area contributed by atoms with Gasteiger partial charge in [-0.1, -0.05) is 59.8 Å². The molecular formula is C23H18ClFN4OS. The second-order valence-electron chi connectivity index (χ2n) is 6.76. The lowest BCUT2D eigenvalue weighted by Crippen LogP contribution is -2.14. The fraction of sp³-hybridized carbons (Fsp3) is 0.0870. The standard InChI is InChI=1S/C23H18ClFN4OS/c1-15-11-12-16(13-19(15)24)26-21(30)14-31-23-28-27-22(18-9-5-6-10-20(18)25)29(23)17-7-3-2-4-8-17/h2-13H,14H2,1H3,(H,26,30). The number of benzene rings is 3. The molecule has 1 N–H and O–H groups in total. The molecule has 0 aliphatic heterocycles. The van der Waals surface area contributed by atoms with Crippen LogP contribution in [0.1, 0.15) is 5.56 Å². The Hall–Kier alpha value is -3.16. The molecule has 4 rings (SSSR count). The predicted octanol–water partition coefficient (Wildman–Crippen LogP) is 5.77. The Bertz CT molecular complexity index is 1230. The fourth-order valence-electron chi connectivity index (χ4n) is 2.99. The van der Waals surface area contributed by atoms with E-state index in [9.17, 15) is 9.18 Å². The van der Waals surface area contributed by atoms with Crippen molar-refractivity contribution in [3.63, 3.8) is 0 Å². The molecule has 0 saturated carbocycles. The quantitative estimate of drug-likeness (QED) is 0.377. The maximum absolute atomic E-state index is 14.4. The van der Waals surface area contributed by atoms with Gasteiger partial charge in [-0.15, -0.1) is 10.2 Å². The van der Waals surface area contributed by atoms with Gasteiger partial charge in [0.15, 0.2) is 11.0 Å². The summed E-state index contributed by atoms with van der Waals surface area (Å²) in [5, 5.41) is 12.3. The highest BCUT2D eigenvalue weighted by molar-refractivity contribution is 7.99. The van der Waals surface area contributed by atoms with E-state index in [-0.39, 0.29) is 11.7 Å². The normalized spacial score (nSPS) is 10.8. The first-order chi connectivity index (χ1) is 15.0. The molecule has 0 fully saturated rings. The monoisotopic (exact) mass is 452 g/mol. The molecule has 8 heteroatoms. The van der Waals surface area contributed by atoms with E-state index in [0.29, 0.717) is 27.3 Å². The summed E-state index contributed by atoms with van der Waals surface area (Å²) >= 11 is 7.34. The molecule has 4 aromatic rings. The van der Waals surface area contributed by atoms with Crippen molar-refractivity contribution in [3.8, 4) is 17.1 Å². The number of carbonyl (C=O) groups is 1. The number of carbonyl (C=O) groups excluding carboxylic acids is 1. The lowest BCUT2D eigenvalue weighted by atomic mass is 10.2. The van der Waals surface area contributed by atoms with Gasteiger partial charge < -0.3 is 5.32 Å². The smallest absolute Gasteiger partial charge is 0.234 e. The van der Waals surface area contributed by atoms with Crippen LogP contribution in [0.2, 0.25) is 5.02 Å². The maximum atomic E-state index is 14.4. The summed E-state index contributed by atoms with van der Waals surface area (Å²) in [6.45, 7) is 1.90. The first kappa shape index (κ1) is 21.1. The van der Waals surface area contributed by atoms with Crippen LogP contribution in [0.25, 0.3) is 17.1 Å². The minimum atomic E-state index is -0.391. The number of nitrogens with zero attached hydrogens (tertiary/aromatic N) is 3. The van der Waals surface area contributed by atoms with E-state index in [1.807, 2.05) is 43.3 Å². The molecule has 0 spiro atoms. The molecule has 1 heterocycles. The van der Waals surface area contributed by atoms with Crippen molar-refractivity contribution in [3.05, 3.63) is 89.2 Å². The molecule has 0 unspecified atom stereocenters. The lowest BCUT2D eigenvalue weighted by Gasteiger charge is -2.11. The van der Waals surface area contributed by atoms with Crippen LogP contribution < -0.4 is 5.32 Å². The second-order valence-corrected chi connectivity index (χ2v) is 8.11. The number of nitrogens with one attached hydrogen (secondary N) is 1. The Balaban J connectivity index is 1.59. The van der Waals surface area contributed by atoms with E-state index in [1.165, 1.54) is 17.8 Å². The van der Waals surface area contributed by atoms with Crippen LogP contribution in [-0.2, 0) is 4.79 Å². The number of halogens is 2. The number of aryl methyl sites for hydroxylation is 1. The van der Waals surface area contributed by atoms with Gasteiger partial charge in [0, 0.05) is 16.4 Å². The van der Waals surface area contributed by atoms with E-state index in [1.54, 1.807) is 34.9 Å². The summed E-state index contributed by atoms with van der Waals surface area (Å²) in [6, 6.07) is 21.2. The van der Waals surface area contributed by atoms with Gasteiger partial charge >= 0.3 is 0 Å². The van der Waals surface area contributed by atoms with Gasteiger partial charge in [0.05, 0.1) is 11.3 Å². The molecule has 0 aliphatic carbocycles. The van der Waals surface area contributed by atoms with Crippen molar-refractivity contribution >= 4 is 35.0 Å². The van der Waals surface area contributed by atoms with Crippen LogP contribution in [0, 0.1) is 12.7 Å². The van der Waals surface area contributed by atoms with Gasteiger partial charge in [-0.05, 0) is 48.9 Å². The summed E-state index contributed by atoms with van der Waals surface area (Å²) < 4.78 is 16.2. The Morgan fingerprint density at radius 2 is 1.81 bits per heavy atom. The molecular weight excluding hydrogens is 435 g/mol. The van der Waals surface area contributed by atoms with E-state index in [0.717, 1.165) is 11.3 Å². The van der Waals surface area contributed by atoms with Crippen molar-refractivity contribution in [2.24, 2.45) is 0 Å². The SMILES string of the molecule is Cc1ccc(NC(=O)CSc2nnc(-c3ccccc3F)n2-c2ccccc2)cc1Cl. The number of thioether (sulfide) groups is 1. The third-order valence-electron chi connectivity index (χ3n) is 4.55. The second kappa shape index (κ2) is 9.32. The Kier molecular flexibility index (Phi) is 6.34. The molecule has 0 atom stereocenters. The zero-order valence-electron chi connectivity index (χ0n) is 16.5. The Labute approximate surface area is 188 Å². The van der Waals surface area contributed by atoms with Gasteiger partial charge in [0.1, 0.15) is 5.82 Å². The molecule has 0 saturated heterocycles. The Morgan fingerprint density at radius 3 is 2.55 bits per heavy atom. The molecule has 0 aliphatic rings. The molecule has 1 amide bonds. The highest BCUT2D eigenvalue weighted by Crippen LogP contribution is 2.29. The summed E-state index contributed by atoms with van der Waals surface area (Å²) in [4.78, 5) is 12.5. The van der Waals surface area contributed by atoms with Crippen molar-refractivity contribution in [2.75, 3.05) is 11.1 Å². The van der Waals surface area contributed by atoms with Gasteiger partial charge in [0.25, 0.3) is 0 Å². The van der Waals surface area contributed by atoms with Crippen LogP contribution in [0.5, 0.6) is 0 Å². The van der Waals surface area contributed by atoms with Crippen molar-refractivity contribution in [1.82, 2.24) is 14.8 Å². The minimum absolute atomic E-state index is 0.105. The predicted molar refractivity (Wildman–Crippen MR) is 122 cm³/mol. The van der Waals surface area contributed by atoms with Crippen LogP contribution in [0.3, 0.4) is 0 Å². The average molecular weight is 453 g/mol.